The van der Waals surface area contributed by atoms with Gasteiger partial charge in [0.15, 0.2) is 0 Å². The first-order valence-electron chi connectivity index (χ1n) is 19.9. The molecule has 3 heterocycles. The van der Waals surface area contributed by atoms with Gasteiger partial charge >= 0.3 is 0 Å². The molecule has 1 aliphatic heterocycles. The maximum absolute atomic E-state index is 5.99. The number of hydrogen-bond acceptors (Lipinski definition) is 3. The highest BCUT2D eigenvalue weighted by Crippen LogP contribution is 2.52. The molecule has 0 aliphatic carbocycles. The van der Waals surface area contributed by atoms with Crippen LogP contribution in [-0.4, -0.2) is 26.5 Å². The Balaban J connectivity index is 1.45. The second kappa shape index (κ2) is 13.7. The fourth-order valence-electron chi connectivity index (χ4n) is 9.95. The third-order valence-corrected chi connectivity index (χ3v) is 12.5. The summed E-state index contributed by atoms with van der Waals surface area (Å²) in [4.78, 5) is 13.4. The van der Waals surface area contributed by atoms with Crippen LogP contribution in [-0.2, 0) is 0 Å². The maximum atomic E-state index is 5.99. The predicted molar refractivity (Wildman–Crippen MR) is 235 cm³/mol. The van der Waals surface area contributed by atoms with Gasteiger partial charge < -0.3 is 9.47 Å². The van der Waals surface area contributed by atoms with Crippen LogP contribution in [0.25, 0.3) is 49.9 Å². The van der Waals surface area contributed by atoms with Gasteiger partial charge in [-0.3, -0.25) is 9.98 Å². The smallest absolute Gasteiger partial charge is 0.136 e. The van der Waals surface area contributed by atoms with Crippen LogP contribution in [0.1, 0.15) is 70.7 Å². The summed E-state index contributed by atoms with van der Waals surface area (Å²) in [6, 6.07) is 44.4. The Kier molecular flexibility index (Phi) is 9.07. The molecule has 5 aromatic carbocycles. The number of anilines is 1. The fourth-order valence-corrected chi connectivity index (χ4v) is 9.95. The van der Waals surface area contributed by atoms with Crippen LogP contribution in [0.15, 0.2) is 133 Å². The van der Waals surface area contributed by atoms with Gasteiger partial charge in [0.1, 0.15) is 5.84 Å². The molecular formula is C51H54N4. The average Bonchev–Trinajstić information content (AvgIpc) is 3.59. The summed E-state index contributed by atoms with van der Waals surface area (Å²) in [6.45, 7) is 23.4. The Bertz CT molecular complexity index is 2560. The molecule has 278 valence electrons. The van der Waals surface area contributed by atoms with Crippen LogP contribution in [0.3, 0.4) is 0 Å². The molecule has 4 nitrogen and oxygen atoms in total. The van der Waals surface area contributed by atoms with Crippen molar-refractivity contribution in [3.63, 3.8) is 0 Å². The van der Waals surface area contributed by atoms with E-state index in [0.717, 1.165) is 39.4 Å². The molecule has 7 aromatic rings. The quantitative estimate of drug-likeness (QED) is 0.156. The zero-order valence-electron chi connectivity index (χ0n) is 34.1. The molecule has 1 atom stereocenters. The van der Waals surface area contributed by atoms with Crippen LogP contribution >= 0.6 is 0 Å². The van der Waals surface area contributed by atoms with Crippen molar-refractivity contribution in [2.24, 2.45) is 22.7 Å². The van der Waals surface area contributed by atoms with Crippen molar-refractivity contribution >= 4 is 33.3 Å². The van der Waals surface area contributed by atoms with Gasteiger partial charge in [0, 0.05) is 39.5 Å². The van der Waals surface area contributed by atoms with Crippen molar-refractivity contribution in [3.8, 4) is 28.1 Å². The van der Waals surface area contributed by atoms with E-state index in [4.69, 9.17) is 9.98 Å². The molecule has 0 saturated carbocycles. The Hall–Kier alpha value is -5.48. The number of rotatable bonds is 8. The van der Waals surface area contributed by atoms with Crippen molar-refractivity contribution in [2.75, 3.05) is 4.90 Å². The topological polar surface area (TPSA) is 33.4 Å². The normalized spacial score (nSPS) is 17.0. The summed E-state index contributed by atoms with van der Waals surface area (Å²) in [5.74, 6) is 2.29. The first-order valence-corrected chi connectivity index (χ1v) is 19.9. The van der Waals surface area contributed by atoms with Gasteiger partial charge in [-0.05, 0) is 130 Å². The highest BCUT2D eigenvalue weighted by molar-refractivity contribution is 6.15. The Morgan fingerprint density at radius 3 is 1.91 bits per heavy atom. The van der Waals surface area contributed by atoms with Crippen molar-refractivity contribution in [2.45, 2.75) is 80.3 Å². The fraction of sp³-hybridized carbons (Fsp3) is 0.294. The monoisotopic (exact) mass is 722 g/mol. The highest BCUT2D eigenvalue weighted by Gasteiger charge is 2.58. The molecule has 55 heavy (non-hydrogen) atoms. The van der Waals surface area contributed by atoms with Crippen LogP contribution in [0.5, 0.6) is 0 Å². The van der Waals surface area contributed by atoms with E-state index in [1.807, 2.05) is 6.20 Å². The van der Waals surface area contributed by atoms with E-state index in [-0.39, 0.29) is 11.1 Å². The SMILES string of the molecule is Cc1ccnc(-c2ccc3c4ccccc4n(-c4cc(C5=N[C@](C)(C(C(C)C)C(C)C)C(C)(C)N5c5c(C)cccc5C)cc(-c5ccccc5)c4)c3c2)c1. The summed E-state index contributed by atoms with van der Waals surface area (Å²) < 4.78 is 2.45. The van der Waals surface area contributed by atoms with Gasteiger partial charge in [0.25, 0.3) is 0 Å². The molecule has 0 bridgehead atoms. The molecule has 0 unspecified atom stereocenters. The van der Waals surface area contributed by atoms with Crippen LogP contribution in [0.4, 0.5) is 5.69 Å². The molecule has 0 amide bonds. The molecule has 0 spiro atoms. The van der Waals surface area contributed by atoms with Gasteiger partial charge in [-0.1, -0.05) is 107 Å². The largest absolute Gasteiger partial charge is 0.318 e. The van der Waals surface area contributed by atoms with E-state index in [1.54, 1.807) is 0 Å². The lowest BCUT2D eigenvalue weighted by Crippen LogP contribution is -2.60. The third kappa shape index (κ3) is 5.98. The number of fused-ring (bicyclic) bond motifs is 3. The third-order valence-electron chi connectivity index (χ3n) is 12.5. The summed E-state index contributed by atoms with van der Waals surface area (Å²) in [5.41, 5.74) is 13.2. The molecule has 0 fully saturated rings. The lowest BCUT2D eigenvalue weighted by molar-refractivity contribution is 0.116. The lowest BCUT2D eigenvalue weighted by Gasteiger charge is -2.50. The molecule has 0 radical (unpaired) electrons. The number of aliphatic imine (C=N–C) groups is 1. The van der Waals surface area contributed by atoms with E-state index in [2.05, 4.69) is 200 Å². The number of para-hydroxylation sites is 2. The van der Waals surface area contributed by atoms with Crippen LogP contribution < -0.4 is 4.90 Å². The number of aryl methyl sites for hydroxylation is 3. The van der Waals surface area contributed by atoms with Crippen LogP contribution in [0, 0.1) is 38.5 Å². The maximum Gasteiger partial charge on any atom is 0.136 e. The van der Waals surface area contributed by atoms with Crippen molar-refractivity contribution in [1.29, 1.82) is 0 Å². The minimum atomic E-state index is -0.370. The van der Waals surface area contributed by atoms with E-state index in [9.17, 15) is 0 Å². The molecular weight excluding hydrogens is 669 g/mol. The average molecular weight is 723 g/mol. The molecule has 2 aromatic heterocycles. The van der Waals surface area contributed by atoms with Gasteiger partial charge in [-0.2, -0.15) is 0 Å². The van der Waals surface area contributed by atoms with E-state index >= 15 is 0 Å². The van der Waals surface area contributed by atoms with Crippen LogP contribution in [0.2, 0.25) is 0 Å². The lowest BCUT2D eigenvalue weighted by atomic mass is 9.64. The van der Waals surface area contributed by atoms with Crippen molar-refractivity contribution in [1.82, 2.24) is 9.55 Å². The second-order valence-electron chi connectivity index (χ2n) is 17.2. The number of pyridine rings is 1. The summed E-state index contributed by atoms with van der Waals surface area (Å²) in [6.07, 6.45) is 1.91. The predicted octanol–water partition coefficient (Wildman–Crippen LogP) is 13.2. The van der Waals surface area contributed by atoms with Gasteiger partial charge in [0.2, 0.25) is 0 Å². The number of aromatic nitrogens is 2. The summed E-state index contributed by atoms with van der Waals surface area (Å²) in [7, 11) is 0. The Morgan fingerprint density at radius 1 is 0.564 bits per heavy atom. The summed E-state index contributed by atoms with van der Waals surface area (Å²) in [5, 5.41) is 2.45. The zero-order chi connectivity index (χ0) is 38.8. The zero-order valence-corrected chi connectivity index (χ0v) is 34.1. The molecule has 1 aliphatic rings. The molecule has 0 N–H and O–H groups in total. The molecule has 0 saturated heterocycles. The van der Waals surface area contributed by atoms with E-state index in [0.29, 0.717) is 17.8 Å². The molecule has 4 heteroatoms. The Morgan fingerprint density at radius 2 is 1.22 bits per heavy atom. The number of nitrogens with zero attached hydrogens (tertiary/aromatic N) is 4. The van der Waals surface area contributed by atoms with E-state index < -0.39 is 0 Å². The molecule has 8 rings (SSSR count). The highest BCUT2D eigenvalue weighted by atomic mass is 15.3. The number of hydrogen-bond donors (Lipinski definition) is 0. The van der Waals surface area contributed by atoms with Crippen molar-refractivity contribution < 1.29 is 0 Å². The van der Waals surface area contributed by atoms with Gasteiger partial charge in [-0.15, -0.1) is 0 Å². The van der Waals surface area contributed by atoms with Gasteiger partial charge in [0.05, 0.1) is 27.8 Å². The minimum absolute atomic E-state index is 0.329. The van der Waals surface area contributed by atoms with E-state index in [1.165, 1.54) is 44.2 Å². The van der Waals surface area contributed by atoms with Crippen molar-refractivity contribution in [3.05, 3.63) is 150 Å². The first kappa shape index (κ1) is 36.5. The standard InChI is InChI=1S/C51H54N4/c1-32(2)47(33(3)4)51(10)50(8,9)55(48-35(6)17-16-18-36(48)7)49(53-51)40-28-39(37-19-12-11-13-20-37)29-41(30-40)54-45-22-15-14-21-42(45)43-24-23-38(31-46(43)54)44-27-34(5)25-26-52-44/h11-33,47H,1-10H3/t51-/m1/s1. The number of amidine groups is 1. The first-order chi connectivity index (χ1) is 26.3. The number of benzene rings is 5. The summed E-state index contributed by atoms with van der Waals surface area (Å²) >= 11 is 0. The van der Waals surface area contributed by atoms with Gasteiger partial charge in [-0.25, -0.2) is 0 Å². The Labute approximate surface area is 327 Å². The second-order valence-corrected chi connectivity index (χ2v) is 17.2. The minimum Gasteiger partial charge on any atom is -0.318 e.